The molecule has 0 bridgehead atoms. The first-order valence-electron chi connectivity index (χ1n) is 7.77. The van der Waals surface area contributed by atoms with Crippen LogP contribution in [0.2, 0.25) is 0 Å². The number of guanidine groups is 1. The lowest BCUT2D eigenvalue weighted by molar-refractivity contribution is 0.191. The highest BCUT2D eigenvalue weighted by molar-refractivity contribution is 5.79. The lowest BCUT2D eigenvalue weighted by Crippen LogP contribution is -2.47. The van der Waals surface area contributed by atoms with Gasteiger partial charge in [-0.15, -0.1) is 0 Å². The molecule has 0 aliphatic heterocycles. The normalized spacial score (nSPS) is 14.0. The fourth-order valence-corrected chi connectivity index (χ4v) is 2.32. The minimum absolute atomic E-state index is 0.579. The molecule has 0 fully saturated rings. The van der Waals surface area contributed by atoms with E-state index >= 15 is 0 Å². The molecule has 2 N–H and O–H groups in total. The minimum atomic E-state index is 0.579. The molecule has 0 rings (SSSR count). The zero-order valence-electron chi connectivity index (χ0n) is 13.8. The van der Waals surface area contributed by atoms with Crippen molar-refractivity contribution in [2.75, 3.05) is 33.2 Å². The number of nitrogens with one attached hydrogen (secondary N) is 2. The van der Waals surface area contributed by atoms with Gasteiger partial charge in [-0.05, 0) is 31.8 Å². The number of aliphatic imine (C=N–C) groups is 1. The van der Waals surface area contributed by atoms with Gasteiger partial charge in [0.15, 0.2) is 5.96 Å². The fraction of sp³-hybridized carbons (Fsp3) is 0.933. The Hall–Kier alpha value is -0.770. The summed E-state index contributed by atoms with van der Waals surface area (Å²) in [7, 11) is 1.83. The van der Waals surface area contributed by atoms with E-state index in [0.717, 1.165) is 44.5 Å². The Morgan fingerprint density at radius 2 is 1.74 bits per heavy atom. The molecular weight excluding hydrogens is 236 g/mol. The molecule has 0 saturated carbocycles. The van der Waals surface area contributed by atoms with Crippen molar-refractivity contribution >= 4 is 5.96 Å². The molecule has 0 aromatic rings. The second-order valence-corrected chi connectivity index (χ2v) is 5.38. The number of nitrogens with zero attached hydrogens (tertiary/aromatic N) is 2. The van der Waals surface area contributed by atoms with E-state index in [-0.39, 0.29) is 0 Å². The van der Waals surface area contributed by atoms with Crippen molar-refractivity contribution in [3.8, 4) is 0 Å². The van der Waals surface area contributed by atoms with Crippen molar-refractivity contribution in [2.24, 2.45) is 10.9 Å². The molecule has 0 aromatic heterocycles. The molecule has 0 saturated heterocycles. The van der Waals surface area contributed by atoms with Crippen LogP contribution in [0.4, 0.5) is 0 Å². The Kier molecular flexibility index (Phi) is 10.6. The number of rotatable bonds is 9. The van der Waals surface area contributed by atoms with Crippen molar-refractivity contribution in [1.29, 1.82) is 0 Å². The molecule has 0 aliphatic carbocycles. The van der Waals surface area contributed by atoms with Gasteiger partial charge in [-0.3, -0.25) is 9.89 Å². The van der Waals surface area contributed by atoms with Gasteiger partial charge in [0.1, 0.15) is 0 Å². The molecule has 0 radical (unpaired) electrons. The van der Waals surface area contributed by atoms with Crippen molar-refractivity contribution in [1.82, 2.24) is 15.5 Å². The molecule has 19 heavy (non-hydrogen) atoms. The Bertz CT molecular complexity index is 234. The number of hydrogen-bond donors (Lipinski definition) is 2. The third kappa shape index (κ3) is 8.09. The summed E-state index contributed by atoms with van der Waals surface area (Å²) in [5, 5.41) is 6.78. The van der Waals surface area contributed by atoms with Gasteiger partial charge in [-0.1, -0.05) is 34.6 Å². The summed E-state index contributed by atoms with van der Waals surface area (Å²) in [4.78, 5) is 6.79. The highest BCUT2D eigenvalue weighted by Crippen LogP contribution is 2.10. The fourth-order valence-electron chi connectivity index (χ4n) is 2.32. The van der Waals surface area contributed by atoms with E-state index in [1.807, 2.05) is 7.05 Å². The standard InChI is InChI=1S/C15H34N4/c1-7-10-17-15(16-6)18-12-14(11-13(4)5)19(8-2)9-3/h13-14H,7-12H2,1-6H3,(H2,16,17,18). The van der Waals surface area contributed by atoms with Crippen molar-refractivity contribution in [2.45, 2.75) is 53.5 Å². The second-order valence-electron chi connectivity index (χ2n) is 5.38. The minimum Gasteiger partial charge on any atom is -0.356 e. The third-order valence-electron chi connectivity index (χ3n) is 3.34. The molecule has 0 amide bonds. The number of likely N-dealkylation sites (N-methyl/N-ethyl adjacent to an activating group) is 1. The summed E-state index contributed by atoms with van der Waals surface area (Å²) < 4.78 is 0. The lowest BCUT2D eigenvalue weighted by atomic mass is 10.0. The largest absolute Gasteiger partial charge is 0.356 e. The summed E-state index contributed by atoms with van der Waals surface area (Å²) in [6, 6.07) is 0.579. The van der Waals surface area contributed by atoms with E-state index in [1.54, 1.807) is 0 Å². The van der Waals surface area contributed by atoms with Gasteiger partial charge in [-0.25, -0.2) is 0 Å². The maximum absolute atomic E-state index is 4.26. The van der Waals surface area contributed by atoms with E-state index in [4.69, 9.17) is 0 Å². The van der Waals surface area contributed by atoms with E-state index in [1.165, 1.54) is 6.42 Å². The Balaban J connectivity index is 4.38. The zero-order chi connectivity index (χ0) is 14.7. The molecule has 0 aliphatic rings. The SMILES string of the molecule is CCCNC(=NC)NCC(CC(C)C)N(CC)CC. The van der Waals surface area contributed by atoms with Crippen molar-refractivity contribution in [3.63, 3.8) is 0 Å². The van der Waals surface area contributed by atoms with Gasteiger partial charge in [0.2, 0.25) is 0 Å². The van der Waals surface area contributed by atoms with Gasteiger partial charge in [-0.2, -0.15) is 0 Å². The molecule has 1 atom stereocenters. The van der Waals surface area contributed by atoms with E-state index in [9.17, 15) is 0 Å². The predicted molar refractivity (Wildman–Crippen MR) is 85.8 cm³/mol. The van der Waals surface area contributed by atoms with E-state index in [2.05, 4.69) is 55.1 Å². The monoisotopic (exact) mass is 270 g/mol. The van der Waals surface area contributed by atoms with Crippen LogP contribution in [0.25, 0.3) is 0 Å². The average Bonchev–Trinajstić information content (AvgIpc) is 2.39. The van der Waals surface area contributed by atoms with E-state index in [0.29, 0.717) is 6.04 Å². The smallest absolute Gasteiger partial charge is 0.191 e. The zero-order valence-corrected chi connectivity index (χ0v) is 13.8. The van der Waals surface area contributed by atoms with Gasteiger partial charge < -0.3 is 10.6 Å². The summed E-state index contributed by atoms with van der Waals surface area (Å²) in [5.41, 5.74) is 0. The number of hydrogen-bond acceptors (Lipinski definition) is 2. The maximum atomic E-state index is 4.26. The van der Waals surface area contributed by atoms with Crippen molar-refractivity contribution < 1.29 is 0 Å². The first-order valence-corrected chi connectivity index (χ1v) is 7.77. The Labute approximate surface area is 120 Å². The third-order valence-corrected chi connectivity index (χ3v) is 3.34. The van der Waals surface area contributed by atoms with Gasteiger partial charge in [0.25, 0.3) is 0 Å². The Morgan fingerprint density at radius 3 is 2.16 bits per heavy atom. The lowest BCUT2D eigenvalue weighted by Gasteiger charge is -2.31. The van der Waals surface area contributed by atoms with Crippen molar-refractivity contribution in [3.05, 3.63) is 0 Å². The van der Waals surface area contributed by atoms with Crippen LogP contribution in [0.3, 0.4) is 0 Å². The van der Waals surface area contributed by atoms with Crippen LogP contribution in [0.1, 0.15) is 47.5 Å². The highest BCUT2D eigenvalue weighted by atomic mass is 15.2. The average molecular weight is 270 g/mol. The molecule has 4 heteroatoms. The highest BCUT2D eigenvalue weighted by Gasteiger charge is 2.17. The van der Waals surface area contributed by atoms with Crippen LogP contribution >= 0.6 is 0 Å². The van der Waals surface area contributed by atoms with Crippen LogP contribution in [0.15, 0.2) is 4.99 Å². The summed E-state index contributed by atoms with van der Waals surface area (Å²) >= 11 is 0. The Morgan fingerprint density at radius 1 is 1.11 bits per heavy atom. The van der Waals surface area contributed by atoms with Crippen LogP contribution < -0.4 is 10.6 Å². The van der Waals surface area contributed by atoms with Gasteiger partial charge in [0, 0.05) is 26.2 Å². The maximum Gasteiger partial charge on any atom is 0.191 e. The summed E-state index contributed by atoms with van der Waals surface area (Å²) in [5.74, 6) is 1.64. The van der Waals surface area contributed by atoms with Crippen LogP contribution in [0, 0.1) is 5.92 Å². The predicted octanol–water partition coefficient (Wildman–Crippen LogP) is 2.32. The second kappa shape index (κ2) is 11.1. The molecule has 1 unspecified atom stereocenters. The first kappa shape index (κ1) is 18.2. The topological polar surface area (TPSA) is 39.7 Å². The summed E-state index contributed by atoms with van der Waals surface area (Å²) in [6.45, 7) is 15.4. The molecule has 4 nitrogen and oxygen atoms in total. The quantitative estimate of drug-likeness (QED) is 0.499. The van der Waals surface area contributed by atoms with Crippen LogP contribution in [0.5, 0.6) is 0 Å². The molecule has 114 valence electrons. The first-order chi connectivity index (χ1) is 9.08. The van der Waals surface area contributed by atoms with Crippen LogP contribution in [-0.4, -0.2) is 50.1 Å². The van der Waals surface area contributed by atoms with Gasteiger partial charge in [0.05, 0.1) is 0 Å². The summed E-state index contributed by atoms with van der Waals surface area (Å²) in [6.07, 6.45) is 2.34. The molecule has 0 aromatic carbocycles. The van der Waals surface area contributed by atoms with Gasteiger partial charge >= 0.3 is 0 Å². The molecular formula is C15H34N4. The van der Waals surface area contributed by atoms with E-state index < -0.39 is 0 Å². The van der Waals surface area contributed by atoms with Crippen LogP contribution in [-0.2, 0) is 0 Å². The molecule has 0 heterocycles. The molecule has 0 spiro atoms.